The van der Waals surface area contributed by atoms with Crippen LogP contribution in [0, 0.1) is 0 Å². The summed E-state index contributed by atoms with van der Waals surface area (Å²) in [5.74, 6) is -4.30. The quantitative estimate of drug-likeness (QED) is 0.0573. The largest absolute Gasteiger partial charge is 1.00 e. The number of hydrogen-bond donors (Lipinski definition) is 5. The Labute approximate surface area is 245 Å². The predicted octanol–water partition coefficient (Wildman–Crippen LogP) is -3.27. The molecule has 0 bridgehead atoms. The molecule has 14 nitrogen and oxygen atoms in total. The molecule has 194 valence electrons. The van der Waals surface area contributed by atoms with Crippen LogP contribution in [0.3, 0.4) is 0 Å². The van der Waals surface area contributed by atoms with Crippen LogP contribution in [0.5, 0.6) is 0 Å². The van der Waals surface area contributed by atoms with Gasteiger partial charge in [-0.05, 0) is 12.3 Å². The van der Waals surface area contributed by atoms with Crippen molar-refractivity contribution in [3.8, 4) is 0 Å². The van der Waals surface area contributed by atoms with Gasteiger partial charge in [0.1, 0.15) is 22.8 Å². The number of nitrogens with zero attached hydrogens (tertiary/aromatic N) is 3. The number of nitrogens with two attached hydrogens (primary N) is 1. The van der Waals surface area contributed by atoms with Crippen LogP contribution in [0.25, 0.3) is 0 Å². The third-order valence-corrected chi connectivity index (χ3v) is 7.56. The molecule has 2 atom stereocenters. The van der Waals surface area contributed by atoms with Gasteiger partial charge >= 0.3 is 41.5 Å². The topological polar surface area (TPSA) is 214 Å². The predicted molar refractivity (Wildman–Crippen MR) is 133 cm³/mol. The number of carbonyl (C=O) groups is 5. The van der Waals surface area contributed by atoms with Crippen molar-refractivity contribution in [1.82, 2.24) is 20.5 Å². The van der Waals surface area contributed by atoms with E-state index in [4.69, 9.17) is 10.8 Å². The summed E-state index contributed by atoms with van der Waals surface area (Å²) in [4.78, 5) is 70.0. The molecule has 3 rings (SSSR count). The molecule has 6 N–H and O–H groups in total. The van der Waals surface area contributed by atoms with Crippen molar-refractivity contribution in [2.24, 2.45) is 5.16 Å². The van der Waals surface area contributed by atoms with Gasteiger partial charge in [0.15, 0.2) is 10.8 Å². The number of aromatic nitrogens is 1. The fourth-order valence-corrected chi connectivity index (χ4v) is 5.93. The van der Waals surface area contributed by atoms with Crippen LogP contribution >= 0.6 is 34.9 Å². The Morgan fingerprint density at radius 3 is 2.73 bits per heavy atom. The van der Waals surface area contributed by atoms with Gasteiger partial charge < -0.3 is 32.8 Å². The third-order valence-electron chi connectivity index (χ3n) is 4.53. The van der Waals surface area contributed by atoms with Gasteiger partial charge in [-0.15, -0.1) is 23.1 Å². The number of rotatable bonds is 11. The summed E-state index contributed by atoms with van der Waals surface area (Å²) in [7, 11) is 0. The molecule has 1 saturated heterocycles. The zero-order chi connectivity index (χ0) is 26.4. The van der Waals surface area contributed by atoms with Gasteiger partial charge in [0.25, 0.3) is 11.8 Å². The van der Waals surface area contributed by atoms with E-state index in [2.05, 4.69) is 25.6 Å². The molecule has 0 unspecified atom stereocenters. The molecule has 0 saturated carbocycles. The minimum atomic E-state index is -1.32. The Hall–Kier alpha value is -2.57. The number of oxime groups is 1. The van der Waals surface area contributed by atoms with Crippen LogP contribution in [0.15, 0.2) is 32.6 Å². The zero-order valence-corrected chi connectivity index (χ0v) is 23.9. The molecule has 1 aromatic heterocycles. The fourth-order valence-electron chi connectivity index (χ4n) is 3.05. The van der Waals surface area contributed by atoms with Crippen molar-refractivity contribution in [2.45, 2.75) is 18.3 Å². The van der Waals surface area contributed by atoms with E-state index in [1.54, 1.807) is 6.92 Å². The normalized spacial score (nSPS) is 19.0. The Morgan fingerprint density at radius 1 is 1.41 bits per heavy atom. The number of hydrogen-bond acceptors (Lipinski definition) is 12. The van der Waals surface area contributed by atoms with Crippen LogP contribution in [0.4, 0.5) is 5.13 Å². The molecule has 1 fully saturated rings. The number of thiazole rings is 1. The van der Waals surface area contributed by atoms with Gasteiger partial charge in [0.2, 0.25) is 12.5 Å². The molecule has 3 heterocycles. The Balaban J connectivity index is 0.00000361. The standard InChI is InChI=1S/C19H20N6O8S3.Na.H/c1-2-21-10(26)3-4-34-9-7-35-17-13(16(30)25(17)14(9)18(31)32)23-15(29)12(24-33-5-11(27)28)8-6-36-19(20)22-8;;/h3-4,6,13,17H,2,5,7H2,1H3,(H2,20,22)(H,21,26)(H,23,29)(H,27,28)(H,31,32);;/q;+1;-1/b4-3-,24-12-;;/t13-,17-;;/m1../s1. The molecule has 0 radical (unpaired) electrons. The molecule has 1 aromatic rings. The number of nitrogen functional groups attached to an aromatic ring is 1. The van der Waals surface area contributed by atoms with Gasteiger partial charge in [-0.25, -0.2) is 14.6 Å². The van der Waals surface area contributed by atoms with E-state index < -0.39 is 47.5 Å². The first-order chi connectivity index (χ1) is 17.1. The van der Waals surface area contributed by atoms with Crippen molar-refractivity contribution in [3.05, 3.63) is 33.2 Å². The fraction of sp³-hybridized carbons (Fsp3) is 0.316. The van der Waals surface area contributed by atoms with Gasteiger partial charge in [-0.1, -0.05) is 16.9 Å². The maximum Gasteiger partial charge on any atom is 1.00 e. The van der Waals surface area contributed by atoms with Crippen molar-refractivity contribution < 1.29 is 70.0 Å². The van der Waals surface area contributed by atoms with Gasteiger partial charge in [0, 0.05) is 28.7 Å². The Morgan fingerprint density at radius 2 is 2.14 bits per heavy atom. The van der Waals surface area contributed by atoms with Crippen LogP contribution in [0.2, 0.25) is 0 Å². The number of β-lactam (4-membered cyclic amide) rings is 1. The van der Waals surface area contributed by atoms with E-state index in [1.807, 2.05) is 0 Å². The van der Waals surface area contributed by atoms with Crippen molar-refractivity contribution in [2.75, 3.05) is 24.6 Å². The number of fused-ring (bicyclic) bond motifs is 1. The van der Waals surface area contributed by atoms with Crippen LogP contribution < -0.4 is 45.9 Å². The van der Waals surface area contributed by atoms with Gasteiger partial charge in [-0.2, -0.15) is 0 Å². The van der Waals surface area contributed by atoms with Gasteiger partial charge in [0.05, 0.1) is 0 Å². The zero-order valence-electron chi connectivity index (χ0n) is 20.5. The van der Waals surface area contributed by atoms with Crippen LogP contribution in [-0.2, 0) is 28.8 Å². The number of likely N-dealkylation sites (N-methyl/N-ethyl adjacent to an activating group) is 1. The van der Waals surface area contributed by atoms with Crippen molar-refractivity contribution >= 4 is 75.4 Å². The molecule has 18 heteroatoms. The maximum atomic E-state index is 12.9. The summed E-state index contributed by atoms with van der Waals surface area (Å²) in [5.41, 5.74) is 4.99. The SMILES string of the molecule is CCNC(=O)/C=C\SC1=C(C(=O)O)N2C(=O)[C@@H](NC(=O)/C(=N\OCC(=O)O)c3csc(N)n3)[C@H]2SC1.[H-].[Na+]. The third kappa shape index (κ3) is 7.48. The van der Waals surface area contributed by atoms with E-state index in [1.165, 1.54) is 28.6 Å². The number of anilines is 1. The van der Waals surface area contributed by atoms with E-state index in [9.17, 15) is 29.1 Å². The summed E-state index contributed by atoms with van der Waals surface area (Å²) in [5, 5.41) is 29.3. The number of aliphatic carboxylic acids is 2. The summed E-state index contributed by atoms with van der Waals surface area (Å²) < 4.78 is 0. The smallest absolute Gasteiger partial charge is 1.00 e. The molecule has 0 aliphatic carbocycles. The summed E-state index contributed by atoms with van der Waals surface area (Å²) in [6.45, 7) is 1.39. The first-order valence-electron chi connectivity index (χ1n) is 10.1. The van der Waals surface area contributed by atoms with Crippen LogP contribution in [0.1, 0.15) is 14.0 Å². The molecule has 37 heavy (non-hydrogen) atoms. The molecule has 0 spiro atoms. The van der Waals surface area contributed by atoms with E-state index in [0.29, 0.717) is 11.4 Å². The second-order valence-electron chi connectivity index (χ2n) is 6.93. The minimum Gasteiger partial charge on any atom is -1.00 e. The number of amides is 3. The van der Waals surface area contributed by atoms with Crippen molar-refractivity contribution in [3.63, 3.8) is 0 Å². The van der Waals surface area contributed by atoms with Crippen LogP contribution in [-0.4, -0.2) is 85.8 Å². The molecular weight excluding hydrogens is 559 g/mol. The van der Waals surface area contributed by atoms with E-state index in [-0.39, 0.29) is 59.2 Å². The first-order valence-corrected chi connectivity index (χ1v) is 12.9. The molecule has 2 aliphatic heterocycles. The average Bonchev–Trinajstić information content (AvgIpc) is 3.25. The summed E-state index contributed by atoms with van der Waals surface area (Å²) in [6, 6.07) is -1.07. The average molecular weight is 581 g/mol. The Kier molecular flexibility index (Phi) is 11.5. The number of carboxylic acids is 2. The van der Waals surface area contributed by atoms with E-state index >= 15 is 0 Å². The van der Waals surface area contributed by atoms with E-state index in [0.717, 1.165) is 28.0 Å². The molecular formula is C19H21N6NaO8S3. The summed E-state index contributed by atoms with van der Waals surface area (Å²) in [6.07, 6.45) is 1.26. The minimum absolute atomic E-state index is 0. The number of thioether (sulfide) groups is 2. The maximum absolute atomic E-state index is 12.9. The molecule has 2 aliphatic rings. The first kappa shape index (κ1) is 30.7. The number of carbonyl (C=O) groups excluding carboxylic acids is 3. The number of nitrogens with one attached hydrogen (secondary N) is 2. The summed E-state index contributed by atoms with van der Waals surface area (Å²) >= 11 is 3.26. The second-order valence-corrected chi connectivity index (χ2v) is 9.93. The molecule has 3 amide bonds. The number of carboxylic acid groups (broad SMARTS) is 2. The Bertz CT molecular complexity index is 1190. The molecule has 0 aromatic carbocycles. The van der Waals surface area contributed by atoms with Crippen molar-refractivity contribution in [1.29, 1.82) is 0 Å². The monoisotopic (exact) mass is 580 g/mol. The van der Waals surface area contributed by atoms with Gasteiger partial charge in [-0.3, -0.25) is 19.3 Å². The second kappa shape index (κ2) is 13.8.